The quantitative estimate of drug-likeness (QED) is 0.827. The van der Waals surface area contributed by atoms with E-state index in [9.17, 15) is 14.0 Å². The molecule has 1 heterocycles. The molecule has 2 aromatic rings. The monoisotopic (exact) mass is 372 g/mol. The fraction of sp³-hybridized carbons (Fsp3) is 0.300. The third-order valence-electron chi connectivity index (χ3n) is 4.59. The van der Waals surface area contributed by atoms with E-state index in [-0.39, 0.29) is 17.4 Å². The van der Waals surface area contributed by atoms with Crippen molar-refractivity contribution in [2.75, 3.05) is 40.4 Å². The molecular formula is C20H21FN2O4. The van der Waals surface area contributed by atoms with E-state index in [1.807, 2.05) is 0 Å². The van der Waals surface area contributed by atoms with E-state index in [1.54, 1.807) is 40.1 Å². The van der Waals surface area contributed by atoms with Gasteiger partial charge in [0.2, 0.25) is 0 Å². The van der Waals surface area contributed by atoms with Gasteiger partial charge >= 0.3 is 0 Å². The first-order valence-corrected chi connectivity index (χ1v) is 8.60. The van der Waals surface area contributed by atoms with Gasteiger partial charge in [0.25, 0.3) is 11.8 Å². The molecule has 7 heteroatoms. The summed E-state index contributed by atoms with van der Waals surface area (Å²) in [4.78, 5) is 28.4. The van der Waals surface area contributed by atoms with E-state index in [1.165, 1.54) is 26.4 Å². The Balaban J connectivity index is 1.66. The number of methoxy groups -OCH3 is 2. The van der Waals surface area contributed by atoms with Crippen LogP contribution >= 0.6 is 0 Å². The van der Waals surface area contributed by atoms with Gasteiger partial charge in [0.1, 0.15) is 5.82 Å². The molecule has 2 amide bonds. The normalized spacial score (nSPS) is 14.0. The van der Waals surface area contributed by atoms with Crippen LogP contribution in [0.2, 0.25) is 0 Å². The lowest BCUT2D eigenvalue weighted by Gasteiger charge is -2.35. The minimum absolute atomic E-state index is 0.0529. The van der Waals surface area contributed by atoms with Crippen molar-refractivity contribution in [3.8, 4) is 11.5 Å². The van der Waals surface area contributed by atoms with E-state index in [2.05, 4.69) is 0 Å². The third kappa shape index (κ3) is 3.86. The number of benzene rings is 2. The van der Waals surface area contributed by atoms with Crippen LogP contribution in [0.5, 0.6) is 11.5 Å². The molecule has 1 aliphatic rings. The Morgan fingerprint density at radius 1 is 0.852 bits per heavy atom. The third-order valence-corrected chi connectivity index (χ3v) is 4.59. The highest BCUT2D eigenvalue weighted by molar-refractivity contribution is 5.96. The van der Waals surface area contributed by atoms with Gasteiger partial charge in [0.15, 0.2) is 11.5 Å². The lowest BCUT2D eigenvalue weighted by Crippen LogP contribution is -2.50. The molecule has 27 heavy (non-hydrogen) atoms. The lowest BCUT2D eigenvalue weighted by atomic mass is 10.1. The summed E-state index contributed by atoms with van der Waals surface area (Å²) in [5.74, 6) is -0.00216. The molecule has 0 bridgehead atoms. The molecule has 0 saturated carbocycles. The summed E-state index contributed by atoms with van der Waals surface area (Å²) in [5.41, 5.74) is 0.540. The zero-order chi connectivity index (χ0) is 19.4. The van der Waals surface area contributed by atoms with E-state index >= 15 is 0 Å². The van der Waals surface area contributed by atoms with Crippen LogP contribution in [0.1, 0.15) is 20.7 Å². The number of ether oxygens (including phenoxy) is 2. The van der Waals surface area contributed by atoms with E-state index in [4.69, 9.17) is 9.47 Å². The van der Waals surface area contributed by atoms with Gasteiger partial charge in [-0.25, -0.2) is 4.39 Å². The molecule has 0 atom stereocenters. The molecule has 0 radical (unpaired) electrons. The molecule has 2 aromatic carbocycles. The highest BCUT2D eigenvalue weighted by Gasteiger charge is 2.27. The first kappa shape index (κ1) is 18.7. The van der Waals surface area contributed by atoms with Gasteiger partial charge in [-0.3, -0.25) is 9.59 Å². The van der Waals surface area contributed by atoms with Gasteiger partial charge in [-0.1, -0.05) is 12.1 Å². The Morgan fingerprint density at radius 2 is 1.44 bits per heavy atom. The maximum absolute atomic E-state index is 13.8. The highest BCUT2D eigenvalue weighted by atomic mass is 19.1. The highest BCUT2D eigenvalue weighted by Crippen LogP contribution is 2.28. The zero-order valence-electron chi connectivity index (χ0n) is 15.3. The first-order valence-electron chi connectivity index (χ1n) is 8.60. The molecule has 0 aromatic heterocycles. The number of carbonyl (C=O) groups excluding carboxylic acids is 2. The molecule has 6 nitrogen and oxygen atoms in total. The number of hydrogen-bond donors (Lipinski definition) is 0. The average Bonchev–Trinajstić information content (AvgIpc) is 2.72. The van der Waals surface area contributed by atoms with Crippen molar-refractivity contribution in [3.63, 3.8) is 0 Å². The second-order valence-corrected chi connectivity index (χ2v) is 6.13. The fourth-order valence-corrected chi connectivity index (χ4v) is 3.07. The first-order chi connectivity index (χ1) is 13.0. The molecular weight excluding hydrogens is 351 g/mol. The van der Waals surface area contributed by atoms with Gasteiger partial charge in [-0.05, 0) is 30.3 Å². The number of carbonyl (C=O) groups is 2. The van der Waals surface area contributed by atoms with Crippen LogP contribution in [-0.2, 0) is 0 Å². The van der Waals surface area contributed by atoms with Crippen molar-refractivity contribution in [2.45, 2.75) is 0 Å². The summed E-state index contributed by atoms with van der Waals surface area (Å²) in [7, 11) is 3.05. The Morgan fingerprint density at radius 3 is 2.04 bits per heavy atom. The topological polar surface area (TPSA) is 59.1 Å². The van der Waals surface area contributed by atoms with E-state index in [0.29, 0.717) is 43.2 Å². The van der Waals surface area contributed by atoms with Crippen LogP contribution in [-0.4, -0.2) is 62.0 Å². The Labute approximate surface area is 157 Å². The minimum Gasteiger partial charge on any atom is -0.493 e. The Hall–Kier alpha value is -3.09. The molecule has 0 spiro atoms. The Kier molecular flexibility index (Phi) is 5.59. The van der Waals surface area contributed by atoms with Gasteiger partial charge in [-0.2, -0.15) is 0 Å². The van der Waals surface area contributed by atoms with Gasteiger partial charge in [0.05, 0.1) is 19.8 Å². The fourth-order valence-electron chi connectivity index (χ4n) is 3.07. The van der Waals surface area contributed by atoms with Crippen LogP contribution in [0.25, 0.3) is 0 Å². The zero-order valence-corrected chi connectivity index (χ0v) is 15.3. The van der Waals surface area contributed by atoms with Gasteiger partial charge < -0.3 is 19.3 Å². The van der Waals surface area contributed by atoms with E-state index in [0.717, 1.165) is 0 Å². The van der Waals surface area contributed by atoms with Crippen LogP contribution in [0.15, 0.2) is 42.5 Å². The molecule has 1 saturated heterocycles. The molecule has 142 valence electrons. The Bertz CT molecular complexity index is 848. The van der Waals surface area contributed by atoms with E-state index < -0.39 is 5.82 Å². The van der Waals surface area contributed by atoms with Crippen LogP contribution in [0.4, 0.5) is 4.39 Å². The summed E-state index contributed by atoms with van der Waals surface area (Å²) in [6.07, 6.45) is 0. The summed E-state index contributed by atoms with van der Waals surface area (Å²) >= 11 is 0. The molecule has 3 rings (SSSR count). The van der Waals surface area contributed by atoms with Crippen molar-refractivity contribution < 1.29 is 23.5 Å². The van der Waals surface area contributed by atoms with Crippen molar-refractivity contribution in [2.24, 2.45) is 0 Å². The summed E-state index contributed by atoms with van der Waals surface area (Å²) in [6.45, 7) is 1.47. The standard InChI is InChI=1S/C20H21FN2O4/c1-26-17-8-7-14(13-18(17)27-2)19(24)22-9-11-23(12-10-22)20(25)15-5-3-4-6-16(15)21/h3-8,13H,9-12H2,1-2H3. The maximum Gasteiger partial charge on any atom is 0.256 e. The van der Waals surface area contributed by atoms with Crippen LogP contribution < -0.4 is 9.47 Å². The molecule has 0 aliphatic carbocycles. The van der Waals surface area contributed by atoms with Gasteiger partial charge in [-0.15, -0.1) is 0 Å². The van der Waals surface area contributed by atoms with Crippen molar-refractivity contribution >= 4 is 11.8 Å². The number of halogens is 1. The average molecular weight is 372 g/mol. The summed E-state index contributed by atoms with van der Waals surface area (Å²) in [5, 5.41) is 0. The number of rotatable bonds is 4. The van der Waals surface area contributed by atoms with Crippen molar-refractivity contribution in [1.82, 2.24) is 9.80 Å². The SMILES string of the molecule is COc1ccc(C(=O)N2CCN(C(=O)c3ccccc3F)CC2)cc1OC. The maximum atomic E-state index is 13.8. The van der Waals surface area contributed by atoms with Crippen LogP contribution in [0, 0.1) is 5.82 Å². The molecule has 0 N–H and O–H groups in total. The molecule has 1 fully saturated rings. The minimum atomic E-state index is -0.536. The van der Waals surface area contributed by atoms with Gasteiger partial charge in [0, 0.05) is 31.7 Å². The number of nitrogens with zero attached hydrogens (tertiary/aromatic N) is 2. The van der Waals surface area contributed by atoms with Crippen molar-refractivity contribution in [1.29, 1.82) is 0 Å². The molecule has 0 unspecified atom stereocenters. The largest absolute Gasteiger partial charge is 0.493 e. The van der Waals surface area contributed by atoms with Crippen molar-refractivity contribution in [3.05, 3.63) is 59.4 Å². The molecule has 1 aliphatic heterocycles. The number of amides is 2. The second-order valence-electron chi connectivity index (χ2n) is 6.13. The summed E-state index contributed by atoms with van der Waals surface area (Å²) in [6, 6.07) is 10.9. The smallest absolute Gasteiger partial charge is 0.256 e. The van der Waals surface area contributed by atoms with Crippen LogP contribution in [0.3, 0.4) is 0 Å². The predicted octanol–water partition coefficient (Wildman–Crippen LogP) is 2.44. The summed E-state index contributed by atoms with van der Waals surface area (Å²) < 4.78 is 24.2. The number of hydrogen-bond acceptors (Lipinski definition) is 4. The number of piperazine rings is 1. The second kappa shape index (κ2) is 8.07. The predicted molar refractivity (Wildman–Crippen MR) is 97.8 cm³/mol. The lowest BCUT2D eigenvalue weighted by molar-refractivity contribution is 0.0532.